The van der Waals surface area contributed by atoms with Gasteiger partial charge in [-0.2, -0.15) is 0 Å². The van der Waals surface area contributed by atoms with Crippen molar-refractivity contribution in [3.63, 3.8) is 0 Å². The summed E-state index contributed by atoms with van der Waals surface area (Å²) in [6.07, 6.45) is 0.903. The Kier molecular flexibility index (Phi) is 6.00. The van der Waals surface area contributed by atoms with E-state index in [9.17, 15) is 4.79 Å². The van der Waals surface area contributed by atoms with Crippen LogP contribution in [0.4, 0.5) is 11.4 Å². The first kappa shape index (κ1) is 14.3. The smallest absolute Gasteiger partial charge is 0.253 e. The van der Waals surface area contributed by atoms with Gasteiger partial charge in [-0.1, -0.05) is 6.92 Å². The summed E-state index contributed by atoms with van der Waals surface area (Å²) in [4.78, 5) is 12.0. The molecule has 18 heavy (non-hydrogen) atoms. The summed E-state index contributed by atoms with van der Waals surface area (Å²) < 4.78 is 4.96. The number of nitrogens with one attached hydrogen (secondary N) is 2. The Morgan fingerprint density at radius 1 is 1.39 bits per heavy atom. The average molecular weight is 251 g/mol. The molecule has 0 unspecified atom stereocenters. The van der Waals surface area contributed by atoms with E-state index in [2.05, 4.69) is 10.6 Å². The maximum absolute atomic E-state index is 12.0. The second-order valence-corrected chi connectivity index (χ2v) is 3.98. The zero-order valence-electron chi connectivity index (χ0n) is 11.0. The largest absolute Gasteiger partial charge is 0.399 e. The van der Waals surface area contributed by atoms with Crippen LogP contribution in [0, 0.1) is 0 Å². The number of ether oxygens (including phenoxy) is 1. The van der Waals surface area contributed by atoms with Crippen molar-refractivity contribution in [2.75, 3.05) is 37.9 Å². The molecular weight excluding hydrogens is 230 g/mol. The molecule has 0 saturated carbocycles. The Bertz CT molecular complexity index is 394. The summed E-state index contributed by atoms with van der Waals surface area (Å²) in [5.41, 5.74) is 7.64. The molecule has 0 bridgehead atoms. The zero-order valence-corrected chi connectivity index (χ0v) is 11.0. The van der Waals surface area contributed by atoms with Crippen LogP contribution in [-0.4, -0.2) is 32.7 Å². The summed E-state index contributed by atoms with van der Waals surface area (Å²) >= 11 is 0. The number of nitrogen functional groups attached to an aromatic ring is 1. The van der Waals surface area contributed by atoms with E-state index in [1.165, 1.54) is 0 Å². The SMILES string of the molecule is CCCNC(=O)c1cc(N)ccc1NCCOC. The van der Waals surface area contributed by atoms with Gasteiger partial charge in [0.2, 0.25) is 0 Å². The molecule has 0 aliphatic heterocycles. The van der Waals surface area contributed by atoms with Crippen molar-refractivity contribution < 1.29 is 9.53 Å². The van der Waals surface area contributed by atoms with E-state index in [0.29, 0.717) is 30.9 Å². The number of nitrogens with two attached hydrogens (primary N) is 1. The van der Waals surface area contributed by atoms with Crippen molar-refractivity contribution in [3.8, 4) is 0 Å². The second-order valence-electron chi connectivity index (χ2n) is 3.98. The summed E-state index contributed by atoms with van der Waals surface area (Å²) in [5.74, 6) is -0.107. The lowest BCUT2D eigenvalue weighted by molar-refractivity contribution is 0.0954. The van der Waals surface area contributed by atoms with Crippen LogP contribution in [0.25, 0.3) is 0 Å². The summed E-state index contributed by atoms with van der Waals surface area (Å²) in [5, 5.41) is 6.00. The fraction of sp³-hybridized carbons (Fsp3) is 0.462. The van der Waals surface area contributed by atoms with Gasteiger partial charge in [0.15, 0.2) is 0 Å². The Morgan fingerprint density at radius 3 is 2.83 bits per heavy atom. The number of carbonyl (C=O) groups is 1. The first-order chi connectivity index (χ1) is 8.69. The van der Waals surface area contributed by atoms with Crippen LogP contribution in [0.15, 0.2) is 18.2 Å². The zero-order chi connectivity index (χ0) is 13.4. The number of hydrogen-bond acceptors (Lipinski definition) is 4. The van der Waals surface area contributed by atoms with Crippen LogP contribution in [0.1, 0.15) is 23.7 Å². The molecule has 0 aromatic heterocycles. The van der Waals surface area contributed by atoms with Crippen LogP contribution in [0.2, 0.25) is 0 Å². The van der Waals surface area contributed by atoms with Crippen molar-refractivity contribution in [1.82, 2.24) is 5.32 Å². The van der Waals surface area contributed by atoms with E-state index >= 15 is 0 Å². The van der Waals surface area contributed by atoms with E-state index in [1.807, 2.05) is 13.0 Å². The van der Waals surface area contributed by atoms with Crippen LogP contribution in [-0.2, 0) is 4.74 Å². The van der Waals surface area contributed by atoms with Gasteiger partial charge in [0.1, 0.15) is 0 Å². The molecule has 5 nitrogen and oxygen atoms in total. The van der Waals surface area contributed by atoms with Crippen molar-refractivity contribution in [3.05, 3.63) is 23.8 Å². The summed E-state index contributed by atoms with van der Waals surface area (Å²) in [6, 6.07) is 5.26. The third-order valence-corrected chi connectivity index (χ3v) is 2.45. The monoisotopic (exact) mass is 251 g/mol. The topological polar surface area (TPSA) is 76.4 Å². The highest BCUT2D eigenvalue weighted by Crippen LogP contribution is 2.18. The molecule has 1 aromatic rings. The Balaban J connectivity index is 2.78. The fourth-order valence-electron chi connectivity index (χ4n) is 1.53. The lowest BCUT2D eigenvalue weighted by Gasteiger charge is -2.12. The molecule has 0 radical (unpaired) electrons. The van der Waals surface area contributed by atoms with Crippen molar-refractivity contribution in [2.45, 2.75) is 13.3 Å². The molecule has 0 spiro atoms. The van der Waals surface area contributed by atoms with Crippen LogP contribution >= 0.6 is 0 Å². The van der Waals surface area contributed by atoms with Gasteiger partial charge in [0.25, 0.3) is 5.91 Å². The first-order valence-corrected chi connectivity index (χ1v) is 6.09. The van der Waals surface area contributed by atoms with E-state index in [-0.39, 0.29) is 5.91 Å². The van der Waals surface area contributed by atoms with Gasteiger partial charge in [-0.15, -0.1) is 0 Å². The highest BCUT2D eigenvalue weighted by atomic mass is 16.5. The minimum Gasteiger partial charge on any atom is -0.399 e. The molecule has 5 heteroatoms. The first-order valence-electron chi connectivity index (χ1n) is 6.09. The van der Waals surface area contributed by atoms with Crippen LogP contribution < -0.4 is 16.4 Å². The molecule has 1 aromatic carbocycles. The lowest BCUT2D eigenvalue weighted by atomic mass is 10.1. The predicted molar refractivity (Wildman–Crippen MR) is 73.8 cm³/mol. The molecule has 1 amide bonds. The number of rotatable bonds is 7. The van der Waals surface area contributed by atoms with Crippen molar-refractivity contribution >= 4 is 17.3 Å². The minimum atomic E-state index is -0.107. The second kappa shape index (κ2) is 7.55. The Hall–Kier alpha value is -1.75. The molecule has 0 aliphatic carbocycles. The molecular formula is C13H21N3O2. The van der Waals surface area contributed by atoms with Crippen LogP contribution in [0.5, 0.6) is 0 Å². The van der Waals surface area contributed by atoms with Gasteiger partial charge >= 0.3 is 0 Å². The third kappa shape index (κ3) is 4.25. The molecule has 4 N–H and O–H groups in total. The molecule has 0 saturated heterocycles. The Labute approximate surface area is 108 Å². The lowest BCUT2D eigenvalue weighted by Crippen LogP contribution is -2.25. The van der Waals surface area contributed by atoms with E-state index < -0.39 is 0 Å². The fourth-order valence-corrected chi connectivity index (χ4v) is 1.53. The molecule has 1 rings (SSSR count). The highest BCUT2D eigenvalue weighted by Gasteiger charge is 2.10. The maximum atomic E-state index is 12.0. The number of carbonyl (C=O) groups excluding carboxylic acids is 1. The normalized spacial score (nSPS) is 10.1. The van der Waals surface area contributed by atoms with Gasteiger partial charge in [0, 0.05) is 31.6 Å². The predicted octanol–water partition coefficient (Wildman–Crippen LogP) is 1.47. The highest BCUT2D eigenvalue weighted by molar-refractivity contribution is 6.00. The van der Waals surface area contributed by atoms with Crippen LogP contribution in [0.3, 0.4) is 0 Å². The third-order valence-electron chi connectivity index (χ3n) is 2.45. The summed E-state index contributed by atoms with van der Waals surface area (Å²) in [7, 11) is 1.64. The maximum Gasteiger partial charge on any atom is 0.253 e. The molecule has 0 aliphatic rings. The van der Waals surface area contributed by atoms with E-state index in [4.69, 9.17) is 10.5 Å². The van der Waals surface area contributed by atoms with E-state index in [1.54, 1.807) is 19.2 Å². The molecule has 0 atom stereocenters. The summed E-state index contributed by atoms with van der Waals surface area (Å²) in [6.45, 7) is 3.90. The average Bonchev–Trinajstić information content (AvgIpc) is 2.38. The number of anilines is 2. The molecule has 0 heterocycles. The van der Waals surface area contributed by atoms with E-state index in [0.717, 1.165) is 12.1 Å². The number of hydrogen-bond donors (Lipinski definition) is 3. The quantitative estimate of drug-likeness (QED) is 0.506. The van der Waals surface area contributed by atoms with Gasteiger partial charge in [0.05, 0.1) is 12.2 Å². The van der Waals surface area contributed by atoms with Gasteiger partial charge in [-0.05, 0) is 24.6 Å². The standard InChI is InChI=1S/C13H21N3O2/c1-3-6-16-13(17)11-9-10(14)4-5-12(11)15-7-8-18-2/h4-5,9,15H,3,6-8,14H2,1-2H3,(H,16,17). The van der Waals surface area contributed by atoms with Crippen molar-refractivity contribution in [1.29, 1.82) is 0 Å². The number of methoxy groups -OCH3 is 1. The molecule has 100 valence electrons. The Morgan fingerprint density at radius 2 is 2.17 bits per heavy atom. The molecule has 0 fully saturated rings. The number of amides is 1. The number of benzene rings is 1. The van der Waals surface area contributed by atoms with Gasteiger partial charge in [-0.3, -0.25) is 4.79 Å². The minimum absolute atomic E-state index is 0.107. The van der Waals surface area contributed by atoms with Crippen molar-refractivity contribution in [2.24, 2.45) is 0 Å². The van der Waals surface area contributed by atoms with Gasteiger partial charge < -0.3 is 21.1 Å². The van der Waals surface area contributed by atoms with Gasteiger partial charge in [-0.25, -0.2) is 0 Å².